The van der Waals surface area contributed by atoms with Crippen molar-refractivity contribution < 1.29 is 22.4 Å². The first-order valence-corrected chi connectivity index (χ1v) is 9.70. The van der Waals surface area contributed by atoms with E-state index in [0.29, 0.717) is 11.3 Å². The summed E-state index contributed by atoms with van der Waals surface area (Å²) in [6.45, 7) is 0.0172. The Balaban J connectivity index is 1.32. The summed E-state index contributed by atoms with van der Waals surface area (Å²) >= 11 is 0. The normalized spacial score (nSPS) is 11.7. The summed E-state index contributed by atoms with van der Waals surface area (Å²) < 4.78 is 44.1. The predicted molar refractivity (Wildman–Crippen MR) is 117 cm³/mol. The maximum absolute atomic E-state index is 12.9. The number of furan rings is 1. The summed E-state index contributed by atoms with van der Waals surface area (Å²) in [5, 5.41) is 9.02. The molecule has 0 saturated heterocycles. The maximum Gasteiger partial charge on any atom is 0.416 e. The Morgan fingerprint density at radius 2 is 1.75 bits per heavy atom. The molecule has 1 amide bonds. The van der Waals surface area contributed by atoms with Crippen molar-refractivity contribution in [1.29, 1.82) is 0 Å². The second-order valence-electron chi connectivity index (χ2n) is 6.99. The quantitative estimate of drug-likeness (QED) is 0.301. The van der Waals surface area contributed by atoms with Crippen LogP contribution >= 0.6 is 0 Å². The number of carbonyl (C=O) groups is 1. The summed E-state index contributed by atoms with van der Waals surface area (Å²) in [4.78, 5) is 12.0. The minimum atomic E-state index is -4.43. The van der Waals surface area contributed by atoms with Gasteiger partial charge in [-0.15, -0.1) is 0 Å². The van der Waals surface area contributed by atoms with Crippen LogP contribution in [0.25, 0.3) is 22.1 Å². The maximum atomic E-state index is 12.9. The van der Waals surface area contributed by atoms with E-state index in [0.717, 1.165) is 28.6 Å². The second-order valence-corrected chi connectivity index (χ2v) is 6.99. The van der Waals surface area contributed by atoms with Crippen LogP contribution < -0.4 is 10.7 Å². The minimum Gasteiger partial charge on any atom is -0.455 e. The monoisotopic (exact) mass is 437 g/mol. The first-order chi connectivity index (χ1) is 15.4. The van der Waals surface area contributed by atoms with Crippen molar-refractivity contribution in [3.05, 3.63) is 90.2 Å². The highest BCUT2D eigenvalue weighted by atomic mass is 19.4. The van der Waals surface area contributed by atoms with Crippen LogP contribution in [0.3, 0.4) is 0 Å². The molecule has 32 heavy (non-hydrogen) atoms. The predicted octanol–water partition coefficient (Wildman–Crippen LogP) is 5.68. The van der Waals surface area contributed by atoms with Gasteiger partial charge < -0.3 is 9.73 Å². The molecule has 1 aromatic heterocycles. The van der Waals surface area contributed by atoms with Gasteiger partial charge in [-0.05, 0) is 47.2 Å². The number of alkyl halides is 3. The van der Waals surface area contributed by atoms with Gasteiger partial charge in [-0.3, -0.25) is 4.79 Å². The number of amides is 1. The van der Waals surface area contributed by atoms with Crippen LogP contribution in [0.1, 0.15) is 11.3 Å². The van der Waals surface area contributed by atoms with Crippen molar-refractivity contribution >= 4 is 28.6 Å². The number of hydrogen-bond acceptors (Lipinski definition) is 4. The Kier molecular flexibility index (Phi) is 5.93. The van der Waals surface area contributed by atoms with Gasteiger partial charge in [0.15, 0.2) is 0 Å². The van der Waals surface area contributed by atoms with Crippen molar-refractivity contribution in [2.75, 3.05) is 11.9 Å². The molecule has 8 heteroatoms. The van der Waals surface area contributed by atoms with Gasteiger partial charge >= 0.3 is 6.18 Å². The van der Waals surface area contributed by atoms with Gasteiger partial charge in [0.05, 0.1) is 18.3 Å². The van der Waals surface area contributed by atoms with Crippen molar-refractivity contribution in [2.45, 2.75) is 6.18 Å². The van der Waals surface area contributed by atoms with Crippen LogP contribution in [0.15, 0.2) is 88.4 Å². The van der Waals surface area contributed by atoms with Crippen LogP contribution in [0, 0.1) is 0 Å². The molecule has 162 valence electrons. The molecule has 0 bridgehead atoms. The zero-order valence-corrected chi connectivity index (χ0v) is 16.7. The lowest BCUT2D eigenvalue weighted by atomic mass is 10.1. The van der Waals surface area contributed by atoms with E-state index < -0.39 is 11.7 Å². The number of nitrogens with zero attached hydrogens (tertiary/aromatic N) is 1. The average Bonchev–Trinajstić information content (AvgIpc) is 3.26. The number of halogens is 3. The molecule has 4 aromatic rings. The fourth-order valence-corrected chi connectivity index (χ4v) is 3.12. The third kappa shape index (κ3) is 5.15. The summed E-state index contributed by atoms with van der Waals surface area (Å²) in [6, 6.07) is 21.6. The minimum absolute atomic E-state index is 0.0172. The van der Waals surface area contributed by atoms with Crippen molar-refractivity contribution in [3.8, 4) is 11.3 Å². The van der Waals surface area contributed by atoms with E-state index in [4.69, 9.17) is 4.42 Å². The molecule has 3 aromatic carbocycles. The van der Waals surface area contributed by atoms with Crippen LogP contribution in [-0.4, -0.2) is 18.7 Å². The van der Waals surface area contributed by atoms with E-state index in [9.17, 15) is 18.0 Å². The molecule has 0 aliphatic carbocycles. The molecule has 0 spiro atoms. The highest BCUT2D eigenvalue weighted by Gasteiger charge is 2.30. The lowest BCUT2D eigenvalue weighted by Gasteiger charge is -2.07. The largest absolute Gasteiger partial charge is 0.455 e. The lowest BCUT2D eigenvalue weighted by Crippen LogP contribution is -2.25. The van der Waals surface area contributed by atoms with E-state index in [2.05, 4.69) is 15.8 Å². The van der Waals surface area contributed by atoms with Gasteiger partial charge in [0.25, 0.3) is 5.91 Å². The highest BCUT2D eigenvalue weighted by Crippen LogP contribution is 2.32. The summed E-state index contributed by atoms with van der Waals surface area (Å²) in [7, 11) is 0. The third-order valence-corrected chi connectivity index (χ3v) is 4.68. The van der Waals surface area contributed by atoms with Crippen molar-refractivity contribution in [2.24, 2.45) is 5.10 Å². The smallest absolute Gasteiger partial charge is 0.416 e. The highest BCUT2D eigenvalue weighted by molar-refractivity contribution is 5.87. The summed E-state index contributed by atoms with van der Waals surface area (Å²) in [5.41, 5.74) is 2.72. The summed E-state index contributed by atoms with van der Waals surface area (Å²) in [6.07, 6.45) is -3.15. The van der Waals surface area contributed by atoms with Gasteiger partial charge in [0, 0.05) is 11.3 Å². The Labute approximate surface area is 181 Å². The van der Waals surface area contributed by atoms with Gasteiger partial charge in [0.1, 0.15) is 11.5 Å². The zero-order valence-electron chi connectivity index (χ0n) is 16.7. The molecule has 0 aliphatic heterocycles. The van der Waals surface area contributed by atoms with E-state index in [1.54, 1.807) is 12.1 Å². The number of hydrazone groups is 1. The topological polar surface area (TPSA) is 66.6 Å². The van der Waals surface area contributed by atoms with Gasteiger partial charge in [0.2, 0.25) is 0 Å². The van der Waals surface area contributed by atoms with Crippen LogP contribution in [0.4, 0.5) is 18.9 Å². The number of carbonyl (C=O) groups excluding carboxylic acids is 1. The number of benzene rings is 3. The average molecular weight is 437 g/mol. The van der Waals surface area contributed by atoms with E-state index >= 15 is 0 Å². The van der Waals surface area contributed by atoms with Crippen LogP contribution in [-0.2, 0) is 11.0 Å². The summed E-state index contributed by atoms with van der Waals surface area (Å²) in [5.74, 6) is 0.195. The fraction of sp³-hybridized carbons (Fsp3) is 0.0833. The first kappa shape index (κ1) is 21.2. The number of fused-ring (bicyclic) bond motifs is 1. The Morgan fingerprint density at radius 3 is 2.56 bits per heavy atom. The molecular weight excluding hydrogens is 419 g/mol. The molecule has 0 fully saturated rings. The van der Waals surface area contributed by atoms with Crippen LogP contribution in [0.5, 0.6) is 0 Å². The molecule has 0 atom stereocenters. The van der Waals surface area contributed by atoms with E-state index in [1.807, 2.05) is 42.5 Å². The Hall–Kier alpha value is -4.07. The third-order valence-electron chi connectivity index (χ3n) is 4.68. The van der Waals surface area contributed by atoms with Crippen LogP contribution in [0.2, 0.25) is 0 Å². The van der Waals surface area contributed by atoms with Gasteiger partial charge in [-0.25, -0.2) is 5.43 Å². The number of anilines is 1. The second kappa shape index (κ2) is 8.97. The molecular formula is C24H18F3N3O2. The molecule has 2 N–H and O–H groups in total. The lowest BCUT2D eigenvalue weighted by molar-refractivity contribution is -0.137. The van der Waals surface area contributed by atoms with Crippen molar-refractivity contribution in [1.82, 2.24) is 5.43 Å². The van der Waals surface area contributed by atoms with Gasteiger partial charge in [-0.1, -0.05) is 42.5 Å². The van der Waals surface area contributed by atoms with E-state index in [-0.39, 0.29) is 18.2 Å². The molecule has 1 heterocycles. The molecule has 0 saturated carbocycles. The number of nitrogens with one attached hydrogen (secondary N) is 2. The Morgan fingerprint density at radius 1 is 0.938 bits per heavy atom. The standard InChI is InChI=1S/C24H18F3N3O2/c25-24(26,27)19-7-3-6-18(12-19)22-11-10-21(32-22)14-29-30-23(31)15-28-20-9-8-16-4-1-2-5-17(16)13-20/h1-14,28H,15H2,(H,30,31)/b29-14+. The Bertz CT molecular complexity index is 1280. The molecule has 4 rings (SSSR count). The van der Waals surface area contributed by atoms with E-state index in [1.165, 1.54) is 18.3 Å². The van der Waals surface area contributed by atoms with Gasteiger partial charge in [-0.2, -0.15) is 18.3 Å². The SMILES string of the molecule is O=C(CNc1ccc2ccccc2c1)N/N=C/c1ccc(-c2cccc(C(F)(F)F)c2)o1. The number of rotatable bonds is 6. The zero-order chi connectivity index (χ0) is 22.6. The number of hydrogen-bond donors (Lipinski definition) is 2. The first-order valence-electron chi connectivity index (χ1n) is 9.70. The van der Waals surface area contributed by atoms with Crippen molar-refractivity contribution in [3.63, 3.8) is 0 Å². The fourth-order valence-electron chi connectivity index (χ4n) is 3.12. The molecule has 0 aliphatic rings. The molecule has 0 unspecified atom stereocenters. The molecule has 5 nitrogen and oxygen atoms in total. The molecule has 0 radical (unpaired) electrons.